The lowest BCUT2D eigenvalue weighted by atomic mass is 10.1. The third-order valence-corrected chi connectivity index (χ3v) is 2.62. The summed E-state index contributed by atoms with van der Waals surface area (Å²) in [5.41, 5.74) is 3.13. The van der Waals surface area contributed by atoms with Crippen molar-refractivity contribution in [1.82, 2.24) is 0 Å². The Kier molecular flexibility index (Phi) is 4.35. The van der Waals surface area contributed by atoms with Crippen LogP contribution >= 0.6 is 0 Å². The van der Waals surface area contributed by atoms with Crippen molar-refractivity contribution in [3.8, 4) is 0 Å². The molecule has 2 heteroatoms. The molecule has 2 nitrogen and oxygen atoms in total. The molecule has 0 bridgehead atoms. The molecule has 1 aromatic carbocycles. The topological polar surface area (TPSA) is 20.3 Å². The molecule has 0 fully saturated rings. The van der Waals surface area contributed by atoms with Gasteiger partial charge in [0.15, 0.2) is 0 Å². The summed E-state index contributed by atoms with van der Waals surface area (Å²) >= 11 is 0. The van der Waals surface area contributed by atoms with Crippen molar-refractivity contribution in [2.24, 2.45) is 0 Å². The first-order valence-electron chi connectivity index (χ1n) is 5.46. The van der Waals surface area contributed by atoms with E-state index in [-0.39, 0.29) is 0 Å². The highest BCUT2D eigenvalue weighted by atomic mass is 16.1. The molecule has 0 amide bonds. The monoisotopic (exact) mass is 205 g/mol. The average molecular weight is 205 g/mol. The molecule has 0 spiro atoms. The zero-order valence-electron chi connectivity index (χ0n) is 9.79. The van der Waals surface area contributed by atoms with Gasteiger partial charge in [-0.05, 0) is 37.1 Å². The lowest BCUT2D eigenvalue weighted by molar-refractivity contribution is 0.112. The van der Waals surface area contributed by atoms with Gasteiger partial charge in [0, 0.05) is 24.8 Å². The number of rotatable bonds is 5. The molecule has 15 heavy (non-hydrogen) atoms. The van der Waals surface area contributed by atoms with Crippen LogP contribution in [0.4, 0.5) is 5.69 Å². The summed E-state index contributed by atoms with van der Waals surface area (Å²) in [7, 11) is 2.10. The Balaban J connectivity index is 2.80. The van der Waals surface area contributed by atoms with Crippen LogP contribution in [0, 0.1) is 6.92 Å². The maximum Gasteiger partial charge on any atom is 0.150 e. The van der Waals surface area contributed by atoms with Gasteiger partial charge < -0.3 is 4.90 Å². The van der Waals surface area contributed by atoms with Gasteiger partial charge in [0.1, 0.15) is 6.29 Å². The predicted molar refractivity (Wildman–Crippen MR) is 64.7 cm³/mol. The Morgan fingerprint density at radius 2 is 2.13 bits per heavy atom. The van der Waals surface area contributed by atoms with Crippen LogP contribution < -0.4 is 4.90 Å². The summed E-state index contributed by atoms with van der Waals surface area (Å²) in [4.78, 5) is 12.8. The Hall–Kier alpha value is -1.31. The predicted octanol–water partition coefficient (Wildman–Crippen LogP) is 3.04. The first kappa shape index (κ1) is 11.8. The van der Waals surface area contributed by atoms with Crippen molar-refractivity contribution in [3.63, 3.8) is 0 Å². The van der Waals surface area contributed by atoms with Crippen LogP contribution in [0.1, 0.15) is 35.7 Å². The van der Waals surface area contributed by atoms with Crippen molar-refractivity contribution >= 4 is 12.0 Å². The fraction of sp³-hybridized carbons (Fsp3) is 0.462. The standard InChI is InChI=1S/C13H19NO/c1-4-5-8-14(3)13-7-6-12(10-15)9-11(13)2/h6-7,9-10H,4-5,8H2,1-3H3. The molecule has 0 heterocycles. The molecule has 82 valence electrons. The molecule has 0 aliphatic rings. The number of carbonyl (C=O) groups excluding carboxylic acids is 1. The van der Waals surface area contributed by atoms with Crippen molar-refractivity contribution in [1.29, 1.82) is 0 Å². The van der Waals surface area contributed by atoms with Crippen LogP contribution in [0.15, 0.2) is 18.2 Å². The number of anilines is 1. The maximum atomic E-state index is 10.6. The molecule has 1 rings (SSSR count). The number of hydrogen-bond acceptors (Lipinski definition) is 2. The largest absolute Gasteiger partial charge is 0.374 e. The van der Waals surface area contributed by atoms with Crippen LogP contribution in [-0.2, 0) is 0 Å². The van der Waals surface area contributed by atoms with E-state index in [1.807, 2.05) is 25.1 Å². The molecular weight excluding hydrogens is 186 g/mol. The van der Waals surface area contributed by atoms with Crippen LogP contribution in [0.5, 0.6) is 0 Å². The van der Waals surface area contributed by atoms with Crippen LogP contribution in [0.2, 0.25) is 0 Å². The van der Waals surface area contributed by atoms with E-state index in [1.54, 1.807) is 0 Å². The minimum absolute atomic E-state index is 0.750. The first-order chi connectivity index (χ1) is 7.19. The third-order valence-electron chi connectivity index (χ3n) is 2.62. The van der Waals surface area contributed by atoms with Gasteiger partial charge in [-0.15, -0.1) is 0 Å². The molecule has 0 saturated heterocycles. The molecule has 0 atom stereocenters. The summed E-state index contributed by atoms with van der Waals surface area (Å²) in [6.45, 7) is 5.30. The summed E-state index contributed by atoms with van der Waals surface area (Å²) in [5, 5.41) is 0. The third kappa shape index (κ3) is 3.08. The number of hydrogen-bond donors (Lipinski definition) is 0. The fourth-order valence-corrected chi connectivity index (χ4v) is 1.70. The molecule has 0 aromatic heterocycles. The number of carbonyl (C=O) groups is 1. The van der Waals surface area contributed by atoms with E-state index < -0.39 is 0 Å². The zero-order chi connectivity index (χ0) is 11.3. The highest BCUT2D eigenvalue weighted by Gasteiger charge is 2.04. The van der Waals surface area contributed by atoms with Crippen LogP contribution in [0.3, 0.4) is 0 Å². The molecule has 0 N–H and O–H groups in total. The summed E-state index contributed by atoms with van der Waals surface area (Å²) in [6.07, 6.45) is 3.30. The van der Waals surface area contributed by atoms with Gasteiger partial charge in [-0.1, -0.05) is 13.3 Å². The summed E-state index contributed by atoms with van der Waals surface area (Å²) < 4.78 is 0. The smallest absolute Gasteiger partial charge is 0.150 e. The summed E-state index contributed by atoms with van der Waals surface area (Å²) in [6, 6.07) is 5.83. The van der Waals surface area contributed by atoms with Gasteiger partial charge in [0.25, 0.3) is 0 Å². The normalized spacial score (nSPS) is 10.1. The second kappa shape index (κ2) is 5.54. The minimum atomic E-state index is 0.750. The highest BCUT2D eigenvalue weighted by Crippen LogP contribution is 2.19. The summed E-state index contributed by atoms with van der Waals surface area (Å²) in [5.74, 6) is 0. The second-order valence-corrected chi connectivity index (χ2v) is 3.94. The van der Waals surface area contributed by atoms with E-state index in [9.17, 15) is 4.79 Å². The lowest BCUT2D eigenvalue weighted by Gasteiger charge is -2.21. The second-order valence-electron chi connectivity index (χ2n) is 3.94. The van der Waals surface area contributed by atoms with Crippen LogP contribution in [0.25, 0.3) is 0 Å². The number of aldehydes is 1. The number of aryl methyl sites for hydroxylation is 1. The number of benzene rings is 1. The average Bonchev–Trinajstić information content (AvgIpc) is 2.25. The molecule has 0 aliphatic carbocycles. The minimum Gasteiger partial charge on any atom is -0.374 e. The van der Waals surface area contributed by atoms with Gasteiger partial charge in [0.2, 0.25) is 0 Å². The SMILES string of the molecule is CCCCN(C)c1ccc(C=O)cc1C. The molecular formula is C13H19NO. The fourth-order valence-electron chi connectivity index (χ4n) is 1.70. The molecule has 0 unspecified atom stereocenters. The molecule has 0 saturated carbocycles. The molecule has 0 radical (unpaired) electrons. The van der Waals surface area contributed by atoms with Gasteiger partial charge in [-0.2, -0.15) is 0 Å². The lowest BCUT2D eigenvalue weighted by Crippen LogP contribution is -2.19. The number of nitrogens with zero attached hydrogens (tertiary/aromatic N) is 1. The Bertz CT molecular complexity index is 333. The van der Waals surface area contributed by atoms with Gasteiger partial charge in [-0.25, -0.2) is 0 Å². The molecule has 1 aromatic rings. The van der Waals surface area contributed by atoms with Crippen molar-refractivity contribution in [2.45, 2.75) is 26.7 Å². The quantitative estimate of drug-likeness (QED) is 0.689. The zero-order valence-corrected chi connectivity index (χ0v) is 9.79. The maximum absolute atomic E-state index is 10.6. The first-order valence-corrected chi connectivity index (χ1v) is 5.46. The van der Waals surface area contributed by atoms with Gasteiger partial charge in [0.05, 0.1) is 0 Å². The van der Waals surface area contributed by atoms with Gasteiger partial charge >= 0.3 is 0 Å². The highest BCUT2D eigenvalue weighted by molar-refractivity contribution is 5.76. The van der Waals surface area contributed by atoms with E-state index in [0.29, 0.717) is 0 Å². The van der Waals surface area contributed by atoms with E-state index >= 15 is 0 Å². The van der Waals surface area contributed by atoms with Crippen molar-refractivity contribution < 1.29 is 4.79 Å². The van der Waals surface area contributed by atoms with Crippen molar-refractivity contribution in [2.75, 3.05) is 18.5 Å². The Morgan fingerprint density at radius 3 is 2.67 bits per heavy atom. The van der Waals surface area contributed by atoms with Crippen molar-refractivity contribution in [3.05, 3.63) is 29.3 Å². The Labute approximate surface area is 91.9 Å². The van der Waals surface area contributed by atoms with Crippen LogP contribution in [-0.4, -0.2) is 19.9 Å². The van der Waals surface area contributed by atoms with Gasteiger partial charge in [-0.3, -0.25) is 4.79 Å². The Morgan fingerprint density at radius 1 is 1.40 bits per heavy atom. The molecule has 0 aliphatic heterocycles. The number of unbranched alkanes of at least 4 members (excludes halogenated alkanes) is 1. The van der Waals surface area contributed by atoms with E-state index in [0.717, 1.165) is 18.4 Å². The van der Waals surface area contributed by atoms with E-state index in [1.165, 1.54) is 24.1 Å². The van der Waals surface area contributed by atoms with E-state index in [4.69, 9.17) is 0 Å². The van der Waals surface area contributed by atoms with E-state index in [2.05, 4.69) is 18.9 Å².